The van der Waals surface area contributed by atoms with Gasteiger partial charge in [-0.05, 0) is 30.3 Å². The van der Waals surface area contributed by atoms with Crippen molar-refractivity contribution >= 4 is 22.8 Å². The number of anilines is 1. The van der Waals surface area contributed by atoms with Crippen LogP contribution >= 0.6 is 0 Å². The van der Waals surface area contributed by atoms with Crippen molar-refractivity contribution in [3.63, 3.8) is 0 Å². The highest BCUT2D eigenvalue weighted by atomic mass is 16.5. The normalized spacial score (nSPS) is 14.0. The second-order valence-electron chi connectivity index (χ2n) is 7.35. The van der Waals surface area contributed by atoms with Gasteiger partial charge in [0.1, 0.15) is 11.6 Å². The number of aromatic nitrogens is 4. The number of morpholine rings is 1. The molecule has 0 saturated carbocycles. The van der Waals surface area contributed by atoms with Gasteiger partial charge in [0.2, 0.25) is 0 Å². The summed E-state index contributed by atoms with van der Waals surface area (Å²) < 4.78 is 5.39. The third kappa shape index (κ3) is 4.24. The number of amides is 1. The Hall–Kier alpha value is -3.78. The fourth-order valence-corrected chi connectivity index (χ4v) is 3.61. The molecule has 1 aromatic carbocycles. The van der Waals surface area contributed by atoms with Gasteiger partial charge in [-0.1, -0.05) is 12.1 Å². The maximum atomic E-state index is 12.7. The number of nitrogens with one attached hydrogen (secondary N) is 2. The van der Waals surface area contributed by atoms with Crippen LogP contribution in [0.4, 0.5) is 5.82 Å². The van der Waals surface area contributed by atoms with Crippen LogP contribution in [0.5, 0.6) is 0 Å². The van der Waals surface area contributed by atoms with Gasteiger partial charge in [0, 0.05) is 42.8 Å². The molecule has 156 valence electrons. The summed E-state index contributed by atoms with van der Waals surface area (Å²) in [5.74, 6) is 1.44. The van der Waals surface area contributed by atoms with E-state index in [1.807, 2.05) is 48.7 Å². The maximum Gasteiger partial charge on any atom is 0.253 e. The maximum absolute atomic E-state index is 12.7. The molecule has 0 aliphatic carbocycles. The number of rotatable bonds is 5. The minimum atomic E-state index is -0.201. The molecule has 1 fully saturated rings. The van der Waals surface area contributed by atoms with E-state index in [0.717, 1.165) is 54.3 Å². The first-order valence-electron chi connectivity index (χ1n) is 10.2. The van der Waals surface area contributed by atoms with E-state index in [-0.39, 0.29) is 5.91 Å². The monoisotopic (exact) mass is 414 g/mol. The molecule has 1 aliphatic rings. The third-order valence-electron chi connectivity index (χ3n) is 5.27. The predicted octanol–water partition coefficient (Wildman–Crippen LogP) is 2.79. The van der Waals surface area contributed by atoms with Crippen molar-refractivity contribution in [2.75, 3.05) is 31.2 Å². The topological polar surface area (TPSA) is 96.0 Å². The Morgan fingerprint density at radius 2 is 1.94 bits per heavy atom. The molecule has 1 saturated heterocycles. The number of carbonyl (C=O) groups excluding carboxylic acids is 1. The first kappa shape index (κ1) is 19.2. The van der Waals surface area contributed by atoms with E-state index in [1.165, 1.54) is 0 Å². The summed E-state index contributed by atoms with van der Waals surface area (Å²) in [4.78, 5) is 31.4. The standard InChI is InChI=1S/C23H22N6O2/c30-23(26-15-21-27-19-3-1-2-4-20(19)28-21)18-11-17(12-24-13-18)16-5-6-22(25-14-16)29-7-9-31-10-8-29/h1-6,11-14H,7-10,15H2,(H,26,30)(H,27,28). The first-order valence-corrected chi connectivity index (χ1v) is 10.2. The van der Waals surface area contributed by atoms with Crippen molar-refractivity contribution in [1.29, 1.82) is 0 Å². The van der Waals surface area contributed by atoms with Crippen molar-refractivity contribution in [2.45, 2.75) is 6.54 Å². The van der Waals surface area contributed by atoms with Gasteiger partial charge >= 0.3 is 0 Å². The zero-order valence-electron chi connectivity index (χ0n) is 16.9. The first-order chi connectivity index (χ1) is 15.3. The highest BCUT2D eigenvalue weighted by Gasteiger charge is 2.13. The summed E-state index contributed by atoms with van der Waals surface area (Å²) in [6.07, 6.45) is 5.12. The number of benzene rings is 1. The molecule has 0 unspecified atom stereocenters. The number of aromatic amines is 1. The van der Waals surface area contributed by atoms with E-state index in [2.05, 4.69) is 30.2 Å². The molecule has 5 rings (SSSR count). The predicted molar refractivity (Wildman–Crippen MR) is 118 cm³/mol. The third-order valence-corrected chi connectivity index (χ3v) is 5.27. The van der Waals surface area contributed by atoms with Crippen molar-refractivity contribution in [2.24, 2.45) is 0 Å². The molecule has 0 radical (unpaired) electrons. The Morgan fingerprint density at radius 1 is 1.06 bits per heavy atom. The number of hydrogen-bond donors (Lipinski definition) is 2. The summed E-state index contributed by atoms with van der Waals surface area (Å²) in [5, 5.41) is 2.90. The summed E-state index contributed by atoms with van der Waals surface area (Å²) in [6, 6.07) is 13.6. The summed E-state index contributed by atoms with van der Waals surface area (Å²) in [5.41, 5.74) is 4.08. The molecule has 0 atom stereocenters. The largest absolute Gasteiger partial charge is 0.378 e. The number of nitrogens with zero attached hydrogens (tertiary/aromatic N) is 4. The fraction of sp³-hybridized carbons (Fsp3) is 0.217. The Kier molecular flexibility index (Phi) is 5.28. The molecular weight excluding hydrogens is 392 g/mol. The van der Waals surface area contributed by atoms with Crippen molar-refractivity contribution in [3.8, 4) is 11.1 Å². The lowest BCUT2D eigenvalue weighted by atomic mass is 10.1. The second kappa shape index (κ2) is 8.53. The van der Waals surface area contributed by atoms with Crippen LogP contribution in [0.2, 0.25) is 0 Å². The van der Waals surface area contributed by atoms with Crippen LogP contribution in [0.25, 0.3) is 22.2 Å². The number of H-pyrrole nitrogens is 1. The Bertz CT molecular complexity index is 1170. The summed E-state index contributed by atoms with van der Waals surface area (Å²) in [7, 11) is 0. The van der Waals surface area contributed by atoms with E-state index < -0.39 is 0 Å². The lowest BCUT2D eigenvalue weighted by Crippen LogP contribution is -2.36. The van der Waals surface area contributed by atoms with Crippen LogP contribution < -0.4 is 10.2 Å². The van der Waals surface area contributed by atoms with Gasteiger partial charge < -0.3 is 19.9 Å². The quantitative estimate of drug-likeness (QED) is 0.521. The van der Waals surface area contributed by atoms with Gasteiger partial charge in [-0.3, -0.25) is 9.78 Å². The van der Waals surface area contributed by atoms with Crippen LogP contribution in [0.15, 0.2) is 61.1 Å². The van der Waals surface area contributed by atoms with Crippen LogP contribution in [-0.4, -0.2) is 52.1 Å². The number of imidazole rings is 1. The van der Waals surface area contributed by atoms with E-state index in [4.69, 9.17) is 4.74 Å². The number of fused-ring (bicyclic) bond motifs is 1. The lowest BCUT2D eigenvalue weighted by molar-refractivity contribution is 0.0949. The minimum absolute atomic E-state index is 0.201. The smallest absolute Gasteiger partial charge is 0.253 e. The zero-order chi connectivity index (χ0) is 21.0. The van der Waals surface area contributed by atoms with Gasteiger partial charge in [-0.25, -0.2) is 9.97 Å². The van der Waals surface area contributed by atoms with Gasteiger partial charge in [0.05, 0.1) is 36.4 Å². The van der Waals surface area contributed by atoms with Crippen LogP contribution in [0, 0.1) is 0 Å². The molecule has 4 aromatic rings. The minimum Gasteiger partial charge on any atom is -0.378 e. The molecule has 8 heteroatoms. The Morgan fingerprint density at radius 3 is 2.74 bits per heavy atom. The van der Waals surface area contributed by atoms with E-state index >= 15 is 0 Å². The SMILES string of the molecule is O=C(NCc1nc2ccccc2[nH]1)c1cncc(-c2ccc(N3CCOCC3)nc2)c1. The molecule has 2 N–H and O–H groups in total. The second-order valence-corrected chi connectivity index (χ2v) is 7.35. The fourth-order valence-electron chi connectivity index (χ4n) is 3.61. The average molecular weight is 414 g/mol. The van der Waals surface area contributed by atoms with Crippen LogP contribution in [-0.2, 0) is 11.3 Å². The van der Waals surface area contributed by atoms with Gasteiger partial charge in [-0.2, -0.15) is 0 Å². The Balaban J connectivity index is 1.27. The molecule has 0 bridgehead atoms. The van der Waals surface area contributed by atoms with Gasteiger partial charge in [-0.15, -0.1) is 0 Å². The molecule has 1 amide bonds. The zero-order valence-corrected chi connectivity index (χ0v) is 16.9. The highest BCUT2D eigenvalue weighted by Crippen LogP contribution is 2.22. The summed E-state index contributed by atoms with van der Waals surface area (Å²) in [6.45, 7) is 3.44. The van der Waals surface area contributed by atoms with Crippen molar-refractivity contribution < 1.29 is 9.53 Å². The molecule has 31 heavy (non-hydrogen) atoms. The number of carbonyl (C=O) groups is 1. The van der Waals surface area contributed by atoms with Gasteiger partial charge in [0.25, 0.3) is 5.91 Å². The molecule has 1 aliphatic heterocycles. The van der Waals surface area contributed by atoms with E-state index in [0.29, 0.717) is 17.9 Å². The number of pyridine rings is 2. The van der Waals surface area contributed by atoms with E-state index in [9.17, 15) is 4.79 Å². The number of ether oxygens (including phenoxy) is 1. The molecular formula is C23H22N6O2. The van der Waals surface area contributed by atoms with Crippen molar-refractivity contribution in [1.82, 2.24) is 25.3 Å². The Labute approximate surface area is 179 Å². The molecule has 3 aromatic heterocycles. The van der Waals surface area contributed by atoms with E-state index in [1.54, 1.807) is 12.4 Å². The molecule has 4 heterocycles. The number of para-hydroxylation sites is 2. The van der Waals surface area contributed by atoms with Gasteiger partial charge in [0.15, 0.2) is 0 Å². The molecule has 8 nitrogen and oxygen atoms in total. The van der Waals surface area contributed by atoms with Crippen LogP contribution in [0.3, 0.4) is 0 Å². The van der Waals surface area contributed by atoms with Crippen molar-refractivity contribution in [3.05, 3.63) is 72.4 Å². The average Bonchev–Trinajstić information content (AvgIpc) is 3.26. The summed E-state index contributed by atoms with van der Waals surface area (Å²) >= 11 is 0. The highest BCUT2D eigenvalue weighted by molar-refractivity contribution is 5.95. The lowest BCUT2D eigenvalue weighted by Gasteiger charge is -2.27. The number of hydrogen-bond acceptors (Lipinski definition) is 6. The van der Waals surface area contributed by atoms with Crippen LogP contribution in [0.1, 0.15) is 16.2 Å². The molecule has 0 spiro atoms.